The van der Waals surface area contributed by atoms with Gasteiger partial charge in [0.15, 0.2) is 0 Å². The summed E-state index contributed by atoms with van der Waals surface area (Å²) >= 11 is 0. The number of rotatable bonds is 3. The molecule has 1 aromatic carbocycles. The van der Waals surface area contributed by atoms with Crippen molar-refractivity contribution < 1.29 is 9.84 Å². The van der Waals surface area contributed by atoms with E-state index in [0.29, 0.717) is 11.4 Å². The van der Waals surface area contributed by atoms with Crippen molar-refractivity contribution in [2.45, 2.75) is 26.9 Å². The average molecular weight is 209 g/mol. The van der Waals surface area contributed by atoms with Gasteiger partial charge in [-0.15, -0.1) is 0 Å². The Hall–Kier alpha value is -1.22. The molecule has 3 N–H and O–H groups in total. The van der Waals surface area contributed by atoms with Gasteiger partial charge in [0.1, 0.15) is 12.4 Å². The Bertz CT molecular complexity index is 318. The molecule has 0 fully saturated rings. The van der Waals surface area contributed by atoms with Crippen LogP contribution in [0.15, 0.2) is 24.3 Å². The van der Waals surface area contributed by atoms with E-state index in [4.69, 9.17) is 10.5 Å². The monoisotopic (exact) mass is 209 g/mol. The van der Waals surface area contributed by atoms with Crippen LogP contribution in [0.5, 0.6) is 5.75 Å². The maximum Gasteiger partial charge on any atom is 0.121 e. The molecule has 3 heteroatoms. The molecular formula is C12H19NO2. The predicted octanol–water partition coefficient (Wildman–Crippen LogP) is 2.05. The Balaban J connectivity index is 2.51. The number of aliphatic hydroxyl groups is 1. The van der Waals surface area contributed by atoms with E-state index in [1.165, 1.54) is 0 Å². The van der Waals surface area contributed by atoms with Gasteiger partial charge in [-0.1, -0.05) is 26.8 Å². The molecule has 0 aromatic heterocycles. The van der Waals surface area contributed by atoms with Crippen molar-refractivity contribution in [3.63, 3.8) is 0 Å². The third-order valence-corrected chi connectivity index (χ3v) is 2.27. The number of ether oxygens (including phenoxy) is 1. The van der Waals surface area contributed by atoms with Gasteiger partial charge >= 0.3 is 0 Å². The molecule has 0 aliphatic heterocycles. The van der Waals surface area contributed by atoms with E-state index in [1.54, 1.807) is 12.1 Å². The minimum absolute atomic E-state index is 0.166. The lowest BCUT2D eigenvalue weighted by Crippen LogP contribution is -2.31. The highest BCUT2D eigenvalue weighted by Gasteiger charge is 2.22. The van der Waals surface area contributed by atoms with Crippen molar-refractivity contribution in [1.29, 1.82) is 0 Å². The van der Waals surface area contributed by atoms with Gasteiger partial charge < -0.3 is 15.6 Å². The summed E-state index contributed by atoms with van der Waals surface area (Å²) in [6.07, 6.45) is -0.487. The molecule has 0 bridgehead atoms. The first-order chi connectivity index (χ1) is 6.89. The standard InChI is InChI=1S/C12H19NO2/c1-12(2,3)11(14)8-15-10-6-4-5-9(13)7-10/h4-7,11,14H,8,13H2,1-3H3/t11-/m0/s1. The summed E-state index contributed by atoms with van der Waals surface area (Å²) < 4.78 is 5.45. The highest BCUT2D eigenvalue weighted by molar-refractivity contribution is 5.43. The van der Waals surface area contributed by atoms with Crippen LogP contribution in [0, 0.1) is 5.41 Å². The van der Waals surface area contributed by atoms with E-state index in [-0.39, 0.29) is 12.0 Å². The fourth-order valence-corrected chi connectivity index (χ4v) is 1.03. The predicted molar refractivity (Wildman–Crippen MR) is 61.8 cm³/mol. The molecule has 0 heterocycles. The van der Waals surface area contributed by atoms with Crippen molar-refractivity contribution >= 4 is 5.69 Å². The fourth-order valence-electron chi connectivity index (χ4n) is 1.03. The Labute approximate surface area is 90.9 Å². The Morgan fingerprint density at radius 3 is 2.60 bits per heavy atom. The first kappa shape index (κ1) is 11.9. The topological polar surface area (TPSA) is 55.5 Å². The number of anilines is 1. The highest BCUT2D eigenvalue weighted by Crippen LogP contribution is 2.21. The first-order valence-electron chi connectivity index (χ1n) is 5.06. The van der Waals surface area contributed by atoms with Crippen molar-refractivity contribution in [2.75, 3.05) is 12.3 Å². The third kappa shape index (κ3) is 3.80. The van der Waals surface area contributed by atoms with Crippen molar-refractivity contribution in [3.05, 3.63) is 24.3 Å². The smallest absolute Gasteiger partial charge is 0.121 e. The minimum atomic E-state index is -0.487. The van der Waals surface area contributed by atoms with E-state index in [2.05, 4.69) is 0 Å². The van der Waals surface area contributed by atoms with Gasteiger partial charge in [0.2, 0.25) is 0 Å². The number of nitrogen functional groups attached to an aromatic ring is 1. The second-order valence-corrected chi connectivity index (χ2v) is 4.77. The van der Waals surface area contributed by atoms with Crippen LogP contribution in [0.2, 0.25) is 0 Å². The lowest BCUT2D eigenvalue weighted by Gasteiger charge is -2.25. The van der Waals surface area contributed by atoms with E-state index in [0.717, 1.165) is 0 Å². The molecule has 0 saturated heterocycles. The quantitative estimate of drug-likeness (QED) is 0.749. The molecule has 84 valence electrons. The molecule has 1 rings (SSSR count). The molecule has 0 aliphatic carbocycles. The van der Waals surface area contributed by atoms with Crippen LogP contribution in [0.25, 0.3) is 0 Å². The Morgan fingerprint density at radius 1 is 1.40 bits per heavy atom. The highest BCUT2D eigenvalue weighted by atomic mass is 16.5. The van der Waals surface area contributed by atoms with Gasteiger partial charge in [-0.05, 0) is 17.5 Å². The molecule has 3 nitrogen and oxygen atoms in total. The van der Waals surface area contributed by atoms with Gasteiger partial charge in [0, 0.05) is 11.8 Å². The average Bonchev–Trinajstić information content (AvgIpc) is 2.12. The Morgan fingerprint density at radius 2 is 2.07 bits per heavy atom. The molecule has 0 radical (unpaired) electrons. The van der Waals surface area contributed by atoms with Crippen LogP contribution in [0.1, 0.15) is 20.8 Å². The van der Waals surface area contributed by atoms with Gasteiger partial charge in [0.25, 0.3) is 0 Å². The van der Waals surface area contributed by atoms with E-state index >= 15 is 0 Å². The molecule has 0 aliphatic rings. The normalized spacial score (nSPS) is 13.6. The summed E-state index contributed by atoms with van der Waals surface area (Å²) in [5, 5.41) is 9.76. The number of hydrogen-bond acceptors (Lipinski definition) is 3. The molecule has 0 spiro atoms. The van der Waals surface area contributed by atoms with Crippen molar-refractivity contribution in [2.24, 2.45) is 5.41 Å². The van der Waals surface area contributed by atoms with E-state index in [1.807, 2.05) is 32.9 Å². The number of aliphatic hydroxyl groups excluding tert-OH is 1. The molecule has 0 amide bonds. The maximum absolute atomic E-state index is 9.76. The van der Waals surface area contributed by atoms with Gasteiger partial charge in [0.05, 0.1) is 6.10 Å². The molecule has 1 atom stereocenters. The summed E-state index contributed by atoms with van der Waals surface area (Å²) in [6.45, 7) is 6.20. The number of benzene rings is 1. The van der Waals surface area contributed by atoms with Crippen LogP contribution < -0.4 is 10.5 Å². The number of nitrogens with two attached hydrogens (primary N) is 1. The van der Waals surface area contributed by atoms with Gasteiger partial charge in [-0.3, -0.25) is 0 Å². The molecular weight excluding hydrogens is 190 g/mol. The largest absolute Gasteiger partial charge is 0.491 e. The van der Waals surface area contributed by atoms with Crippen LogP contribution in [0.4, 0.5) is 5.69 Å². The first-order valence-corrected chi connectivity index (χ1v) is 5.06. The van der Waals surface area contributed by atoms with Gasteiger partial charge in [-0.2, -0.15) is 0 Å². The zero-order valence-electron chi connectivity index (χ0n) is 9.53. The zero-order chi connectivity index (χ0) is 11.5. The third-order valence-electron chi connectivity index (χ3n) is 2.27. The fraction of sp³-hybridized carbons (Fsp3) is 0.500. The van der Waals surface area contributed by atoms with E-state index in [9.17, 15) is 5.11 Å². The van der Waals surface area contributed by atoms with E-state index < -0.39 is 6.10 Å². The maximum atomic E-state index is 9.76. The summed E-state index contributed by atoms with van der Waals surface area (Å²) in [7, 11) is 0. The molecule has 0 unspecified atom stereocenters. The SMILES string of the molecule is CC(C)(C)[C@@H](O)COc1cccc(N)c1. The number of hydrogen-bond donors (Lipinski definition) is 2. The van der Waals surface area contributed by atoms with Crippen molar-refractivity contribution in [3.8, 4) is 5.75 Å². The molecule has 15 heavy (non-hydrogen) atoms. The van der Waals surface area contributed by atoms with Crippen LogP contribution in [0.3, 0.4) is 0 Å². The lowest BCUT2D eigenvalue weighted by molar-refractivity contribution is 0.0218. The van der Waals surface area contributed by atoms with Crippen molar-refractivity contribution in [1.82, 2.24) is 0 Å². The second-order valence-electron chi connectivity index (χ2n) is 4.77. The summed E-state index contributed by atoms with van der Waals surface area (Å²) in [5.74, 6) is 0.693. The molecule has 0 saturated carbocycles. The summed E-state index contributed by atoms with van der Waals surface area (Å²) in [5.41, 5.74) is 6.11. The molecule has 1 aromatic rings. The second kappa shape index (κ2) is 4.53. The zero-order valence-corrected chi connectivity index (χ0v) is 9.53. The van der Waals surface area contributed by atoms with Crippen LogP contribution in [-0.4, -0.2) is 17.8 Å². The minimum Gasteiger partial charge on any atom is -0.491 e. The Kier molecular flexibility index (Phi) is 3.58. The van der Waals surface area contributed by atoms with Gasteiger partial charge in [-0.25, -0.2) is 0 Å². The summed E-state index contributed by atoms with van der Waals surface area (Å²) in [6, 6.07) is 7.20. The lowest BCUT2D eigenvalue weighted by atomic mass is 9.90. The van der Waals surface area contributed by atoms with Crippen LogP contribution in [-0.2, 0) is 0 Å². The summed E-state index contributed by atoms with van der Waals surface area (Å²) in [4.78, 5) is 0. The van der Waals surface area contributed by atoms with Crippen LogP contribution >= 0.6 is 0 Å².